The van der Waals surface area contributed by atoms with Gasteiger partial charge in [0.2, 0.25) is 0 Å². The van der Waals surface area contributed by atoms with Crippen LogP contribution in [0.5, 0.6) is 11.5 Å². The van der Waals surface area contributed by atoms with Crippen molar-refractivity contribution in [2.45, 2.75) is 25.8 Å². The minimum absolute atomic E-state index is 0.415. The smallest absolute Gasteiger partial charge is 0.341 e. The van der Waals surface area contributed by atoms with Crippen molar-refractivity contribution in [3.05, 3.63) is 29.8 Å². The standard InChI is InChI=1S/C16H21Cl3O4Si/c1-3-22-14-8-6-13(7-9-16(20)21-2)12-15(14)23-10-4-5-11-24(17,18)19/h6-9,12H,3-5,10-11H2,1-2H3. The number of rotatable bonds is 10. The van der Waals surface area contributed by atoms with Gasteiger partial charge in [-0.05, 0) is 49.6 Å². The van der Waals surface area contributed by atoms with E-state index in [2.05, 4.69) is 4.74 Å². The number of hydrogen-bond acceptors (Lipinski definition) is 4. The molecule has 0 fully saturated rings. The number of benzene rings is 1. The second-order valence-corrected chi connectivity index (χ2v) is 14.2. The van der Waals surface area contributed by atoms with Gasteiger partial charge >= 0.3 is 12.0 Å². The number of methoxy groups -OCH3 is 1. The van der Waals surface area contributed by atoms with Gasteiger partial charge in [-0.15, -0.1) is 33.2 Å². The Labute approximate surface area is 157 Å². The quantitative estimate of drug-likeness (QED) is 0.177. The molecule has 0 aliphatic carbocycles. The molecule has 0 saturated carbocycles. The Balaban J connectivity index is 2.67. The number of carbonyl (C=O) groups excluding carboxylic acids is 1. The summed E-state index contributed by atoms with van der Waals surface area (Å²) in [5.41, 5.74) is 0.813. The number of unbranched alkanes of at least 4 members (excludes halogenated alkanes) is 1. The minimum atomic E-state index is -2.56. The summed E-state index contributed by atoms with van der Waals surface area (Å²) in [7, 11) is 1.33. The topological polar surface area (TPSA) is 44.8 Å². The number of esters is 1. The monoisotopic (exact) mass is 410 g/mol. The first-order chi connectivity index (χ1) is 11.4. The summed E-state index contributed by atoms with van der Waals surface area (Å²) in [6, 6.07) is 3.51. The highest BCUT2D eigenvalue weighted by Crippen LogP contribution is 2.30. The second kappa shape index (κ2) is 10.9. The predicted molar refractivity (Wildman–Crippen MR) is 102 cm³/mol. The fraction of sp³-hybridized carbons (Fsp3) is 0.438. The normalized spacial score (nSPS) is 11.5. The van der Waals surface area contributed by atoms with E-state index in [1.54, 1.807) is 6.08 Å². The SMILES string of the molecule is CCOc1ccc(C=CC(=O)OC)cc1OCCCC[Si](Cl)(Cl)Cl. The zero-order valence-electron chi connectivity index (χ0n) is 13.7. The zero-order valence-corrected chi connectivity index (χ0v) is 17.0. The Morgan fingerprint density at radius 1 is 1.17 bits per heavy atom. The summed E-state index contributed by atoms with van der Waals surface area (Å²) in [5, 5.41) is 0. The molecular weight excluding hydrogens is 391 g/mol. The lowest BCUT2D eigenvalue weighted by atomic mass is 10.2. The minimum Gasteiger partial charge on any atom is -0.490 e. The lowest BCUT2D eigenvalue weighted by Crippen LogP contribution is -2.09. The van der Waals surface area contributed by atoms with Crippen LogP contribution in [-0.4, -0.2) is 32.3 Å². The molecule has 0 spiro atoms. The van der Waals surface area contributed by atoms with Gasteiger partial charge in [-0.2, -0.15) is 0 Å². The molecule has 0 unspecified atom stereocenters. The Kier molecular flexibility index (Phi) is 9.59. The van der Waals surface area contributed by atoms with E-state index in [-0.39, 0.29) is 0 Å². The molecule has 0 amide bonds. The highest BCUT2D eigenvalue weighted by Gasteiger charge is 2.23. The molecule has 0 N–H and O–H groups in total. The molecule has 134 valence electrons. The lowest BCUT2D eigenvalue weighted by molar-refractivity contribution is -0.134. The van der Waals surface area contributed by atoms with Crippen LogP contribution in [0.2, 0.25) is 6.04 Å². The van der Waals surface area contributed by atoms with Gasteiger partial charge < -0.3 is 14.2 Å². The first-order valence-corrected chi connectivity index (χ1v) is 12.8. The van der Waals surface area contributed by atoms with Crippen molar-refractivity contribution < 1.29 is 19.0 Å². The van der Waals surface area contributed by atoms with Crippen molar-refractivity contribution in [1.29, 1.82) is 0 Å². The highest BCUT2D eigenvalue weighted by atomic mass is 35.8. The summed E-state index contributed by atoms with van der Waals surface area (Å²) in [6.07, 6.45) is 4.59. The van der Waals surface area contributed by atoms with E-state index >= 15 is 0 Å². The molecule has 1 aromatic rings. The maximum absolute atomic E-state index is 11.2. The van der Waals surface area contributed by atoms with Crippen LogP contribution in [0.15, 0.2) is 24.3 Å². The molecule has 0 atom stereocenters. The predicted octanol–water partition coefficient (Wildman–Crippen LogP) is 5.09. The molecule has 8 heteroatoms. The van der Waals surface area contributed by atoms with E-state index < -0.39 is 12.0 Å². The van der Waals surface area contributed by atoms with Crippen molar-refractivity contribution >= 4 is 51.3 Å². The van der Waals surface area contributed by atoms with Crippen LogP contribution in [0.1, 0.15) is 25.3 Å². The molecule has 0 bridgehead atoms. The molecule has 4 nitrogen and oxygen atoms in total. The summed E-state index contributed by atoms with van der Waals surface area (Å²) < 4.78 is 15.9. The summed E-state index contributed by atoms with van der Waals surface area (Å²) in [4.78, 5) is 11.2. The fourth-order valence-electron chi connectivity index (χ4n) is 1.86. The molecule has 0 aromatic heterocycles. The van der Waals surface area contributed by atoms with Crippen molar-refractivity contribution in [2.24, 2.45) is 0 Å². The molecule has 0 aliphatic rings. The van der Waals surface area contributed by atoms with Crippen molar-refractivity contribution in [1.82, 2.24) is 0 Å². The third kappa shape index (κ3) is 8.83. The highest BCUT2D eigenvalue weighted by molar-refractivity contribution is 7.64. The Bertz CT molecular complexity index is 559. The number of halogens is 3. The van der Waals surface area contributed by atoms with E-state index in [4.69, 9.17) is 42.7 Å². The molecule has 0 radical (unpaired) electrons. The summed E-state index contributed by atoms with van der Waals surface area (Å²) in [5.74, 6) is 0.862. The van der Waals surface area contributed by atoms with Crippen LogP contribution in [0.4, 0.5) is 0 Å². The average Bonchev–Trinajstić information content (AvgIpc) is 2.53. The van der Waals surface area contributed by atoms with E-state index in [9.17, 15) is 4.79 Å². The molecule has 1 aromatic carbocycles. The van der Waals surface area contributed by atoms with Crippen LogP contribution in [-0.2, 0) is 9.53 Å². The van der Waals surface area contributed by atoms with Crippen molar-refractivity contribution in [2.75, 3.05) is 20.3 Å². The molecular formula is C16H21Cl3O4Si. The van der Waals surface area contributed by atoms with Crippen LogP contribution < -0.4 is 9.47 Å². The molecule has 24 heavy (non-hydrogen) atoms. The molecule has 1 rings (SSSR count). The number of hydrogen-bond donors (Lipinski definition) is 0. The van der Waals surface area contributed by atoms with Gasteiger partial charge in [0.1, 0.15) is 0 Å². The van der Waals surface area contributed by atoms with Crippen LogP contribution in [0, 0.1) is 0 Å². The van der Waals surface area contributed by atoms with E-state index in [0.29, 0.717) is 30.8 Å². The molecule has 0 aliphatic heterocycles. The second-order valence-electron chi connectivity index (χ2n) is 4.92. The van der Waals surface area contributed by atoms with Gasteiger partial charge in [0.05, 0.1) is 20.3 Å². The Morgan fingerprint density at radius 2 is 1.92 bits per heavy atom. The maximum atomic E-state index is 11.2. The summed E-state index contributed by atoms with van der Waals surface area (Å²) >= 11 is 17.6. The lowest BCUT2D eigenvalue weighted by Gasteiger charge is -2.13. The van der Waals surface area contributed by atoms with Gasteiger partial charge in [-0.3, -0.25) is 0 Å². The van der Waals surface area contributed by atoms with Crippen LogP contribution >= 0.6 is 33.2 Å². The van der Waals surface area contributed by atoms with Gasteiger partial charge in [-0.1, -0.05) is 6.07 Å². The Morgan fingerprint density at radius 3 is 2.54 bits per heavy atom. The number of carbonyl (C=O) groups is 1. The molecule has 0 saturated heterocycles. The van der Waals surface area contributed by atoms with E-state index in [1.807, 2.05) is 25.1 Å². The van der Waals surface area contributed by atoms with Gasteiger partial charge in [0, 0.05) is 6.08 Å². The van der Waals surface area contributed by atoms with Crippen molar-refractivity contribution in [3.8, 4) is 11.5 Å². The largest absolute Gasteiger partial charge is 0.490 e. The first kappa shape index (κ1) is 21.2. The molecule has 0 heterocycles. The van der Waals surface area contributed by atoms with E-state index in [0.717, 1.165) is 18.4 Å². The average molecular weight is 412 g/mol. The van der Waals surface area contributed by atoms with Crippen LogP contribution in [0.25, 0.3) is 6.08 Å². The van der Waals surface area contributed by atoms with Gasteiger partial charge in [0.25, 0.3) is 0 Å². The maximum Gasteiger partial charge on any atom is 0.341 e. The summed E-state index contributed by atoms with van der Waals surface area (Å²) in [6.45, 7) is 2.94. The number of ether oxygens (including phenoxy) is 3. The van der Waals surface area contributed by atoms with Gasteiger partial charge in [0.15, 0.2) is 11.5 Å². The Hall–Kier alpha value is -0.883. The van der Waals surface area contributed by atoms with Gasteiger partial charge in [-0.25, -0.2) is 4.79 Å². The van der Waals surface area contributed by atoms with Crippen molar-refractivity contribution in [3.63, 3.8) is 0 Å². The zero-order chi connectivity index (χ0) is 18.0. The third-order valence-electron chi connectivity index (χ3n) is 2.99. The first-order valence-electron chi connectivity index (χ1n) is 7.58. The van der Waals surface area contributed by atoms with Crippen LogP contribution in [0.3, 0.4) is 0 Å². The third-order valence-corrected chi connectivity index (χ3v) is 5.61. The van der Waals surface area contributed by atoms with E-state index in [1.165, 1.54) is 13.2 Å². The fourth-order valence-corrected chi connectivity index (χ4v) is 3.71.